The molecule has 358 valence electrons. The van der Waals surface area contributed by atoms with Gasteiger partial charge in [-0.2, -0.15) is 0 Å². The van der Waals surface area contributed by atoms with Crippen LogP contribution in [0, 0.1) is 0 Å². The lowest BCUT2D eigenvalue weighted by Gasteiger charge is -2.15. The van der Waals surface area contributed by atoms with Crippen LogP contribution in [0.25, 0.3) is 45.8 Å². The van der Waals surface area contributed by atoms with Gasteiger partial charge in [-0.05, 0) is 93.7 Å². The molecule has 0 amide bonds. The van der Waals surface area contributed by atoms with E-state index in [1.165, 1.54) is 161 Å². The van der Waals surface area contributed by atoms with Crippen molar-refractivity contribution in [3.63, 3.8) is 0 Å². The fourth-order valence-corrected chi connectivity index (χ4v) is 8.89. The molecule has 0 aliphatic carbocycles. The summed E-state index contributed by atoms with van der Waals surface area (Å²) in [5.41, 5.74) is 4.64. The average Bonchev–Trinajstić information content (AvgIpc) is 3.34. The Morgan fingerprint density at radius 2 is 0.561 bits per heavy atom. The Labute approximate surface area is 401 Å². The van der Waals surface area contributed by atoms with Crippen molar-refractivity contribution in [1.82, 2.24) is 0 Å². The van der Waals surface area contributed by atoms with Crippen molar-refractivity contribution in [1.29, 1.82) is 0 Å². The molecule has 0 N–H and O–H groups in total. The van der Waals surface area contributed by atoms with Gasteiger partial charge < -0.3 is 18.9 Å². The van der Waals surface area contributed by atoms with Gasteiger partial charge in [0.25, 0.3) is 0 Å². The Hall–Kier alpha value is -4.70. The second-order valence-corrected chi connectivity index (χ2v) is 18.5. The molecule has 0 aliphatic rings. The van der Waals surface area contributed by atoms with Gasteiger partial charge in [0.05, 0.1) is 26.4 Å². The maximum atomic E-state index is 6.48. The summed E-state index contributed by atoms with van der Waals surface area (Å²) in [6.45, 7) is 11.9. The van der Waals surface area contributed by atoms with Crippen molar-refractivity contribution in [2.45, 2.75) is 182 Å². The Morgan fingerprint density at radius 3 is 0.864 bits per heavy atom. The number of hydrogen-bond donors (Lipinski definition) is 0. The van der Waals surface area contributed by atoms with Crippen molar-refractivity contribution >= 4 is 45.8 Å². The van der Waals surface area contributed by atoms with E-state index in [0.717, 1.165) is 73.0 Å². The second-order valence-electron chi connectivity index (χ2n) is 18.5. The molecule has 5 rings (SSSR count). The molecule has 0 saturated heterocycles. The van der Waals surface area contributed by atoms with Gasteiger partial charge in [0.15, 0.2) is 23.0 Å². The number of fused-ring (bicyclic) bond motifs is 2. The first kappa shape index (κ1) is 52.3. The van der Waals surface area contributed by atoms with E-state index in [-0.39, 0.29) is 0 Å². The fraction of sp³-hybridized carbons (Fsp3) is 0.516. The van der Waals surface area contributed by atoms with Crippen molar-refractivity contribution < 1.29 is 18.9 Å². The van der Waals surface area contributed by atoms with Gasteiger partial charge in [0.1, 0.15) is 0 Å². The summed E-state index contributed by atoms with van der Waals surface area (Å²) in [6.07, 6.45) is 38.9. The molecule has 0 spiro atoms. The van der Waals surface area contributed by atoms with Gasteiger partial charge in [-0.3, -0.25) is 0 Å². The molecule has 0 radical (unpaired) electrons. The third-order valence-corrected chi connectivity index (χ3v) is 12.9. The highest BCUT2D eigenvalue weighted by Gasteiger charge is 2.13. The van der Waals surface area contributed by atoms with Gasteiger partial charge in [0, 0.05) is 0 Å². The van der Waals surface area contributed by atoms with E-state index >= 15 is 0 Å². The molecule has 0 unspecified atom stereocenters. The highest BCUT2D eigenvalue weighted by Crippen LogP contribution is 2.37. The quantitative estimate of drug-likeness (QED) is 0.0228. The van der Waals surface area contributed by atoms with Crippen LogP contribution >= 0.6 is 0 Å². The molecule has 0 aliphatic heterocycles. The lowest BCUT2D eigenvalue weighted by atomic mass is 9.91. The van der Waals surface area contributed by atoms with E-state index in [1.54, 1.807) is 0 Å². The summed E-state index contributed by atoms with van der Waals surface area (Å²) < 4.78 is 25.7. The summed E-state index contributed by atoms with van der Waals surface area (Å²) >= 11 is 0. The summed E-state index contributed by atoms with van der Waals surface area (Å²) in [7, 11) is 0. The Kier molecular flexibility index (Phi) is 25.4. The van der Waals surface area contributed by atoms with Crippen LogP contribution in [0.15, 0.2) is 84.9 Å². The molecule has 0 bridgehead atoms. The van der Waals surface area contributed by atoms with Gasteiger partial charge >= 0.3 is 0 Å². The number of rotatable bonds is 36. The van der Waals surface area contributed by atoms with Crippen LogP contribution in [0.2, 0.25) is 0 Å². The summed E-state index contributed by atoms with van der Waals surface area (Å²) in [6, 6.07) is 30.6. The van der Waals surface area contributed by atoms with E-state index in [1.807, 2.05) is 0 Å². The zero-order chi connectivity index (χ0) is 46.3. The topological polar surface area (TPSA) is 36.9 Å². The monoisotopic (exact) mass is 895 g/mol. The Balaban J connectivity index is 1.37. The maximum absolute atomic E-state index is 6.48. The lowest BCUT2D eigenvalue weighted by molar-refractivity contribution is 0.258. The Bertz CT molecular complexity index is 1940. The van der Waals surface area contributed by atoms with Gasteiger partial charge in [-0.15, -0.1) is 0 Å². The zero-order valence-electron chi connectivity index (χ0n) is 41.8. The molecule has 4 heteroatoms. The van der Waals surface area contributed by atoms with E-state index in [0.29, 0.717) is 13.2 Å². The second kappa shape index (κ2) is 32.1. The normalized spacial score (nSPS) is 11.7. The molecule has 0 atom stereocenters. The third kappa shape index (κ3) is 18.2. The first-order chi connectivity index (χ1) is 32.7. The van der Waals surface area contributed by atoms with E-state index < -0.39 is 0 Å². The standard InChI is InChI=1S/C62H86O4/c1-5-9-13-17-21-29-45-63-59-43-39-51(49-61(59)65-47-31-23-19-15-11-7-3)37-41-57-53-33-25-27-35-55(53)58(56-36-28-26-34-54(56)57)42-38-52-40-44-60(64-46-30-22-18-14-10-6-2)62(50-52)66-48-32-24-20-16-12-8-4/h25-28,33-44,49-50H,5-24,29-32,45-48H2,1-4H3/b41-37+,42-38+. The number of unbranched alkanes of at least 4 members (excludes halogenated alkanes) is 20. The van der Waals surface area contributed by atoms with Crippen molar-refractivity contribution in [2.24, 2.45) is 0 Å². The van der Waals surface area contributed by atoms with Crippen LogP contribution in [0.5, 0.6) is 23.0 Å². The molecule has 0 aromatic heterocycles. The molecule has 5 aromatic carbocycles. The first-order valence-corrected chi connectivity index (χ1v) is 26.8. The minimum atomic E-state index is 0.710. The molecular weight excluding hydrogens is 809 g/mol. The number of hydrogen-bond acceptors (Lipinski definition) is 4. The predicted molar refractivity (Wildman–Crippen MR) is 288 cm³/mol. The first-order valence-electron chi connectivity index (χ1n) is 26.8. The molecule has 0 fully saturated rings. The third-order valence-electron chi connectivity index (χ3n) is 12.9. The molecule has 0 heterocycles. The van der Waals surface area contributed by atoms with Crippen molar-refractivity contribution in [3.05, 3.63) is 107 Å². The van der Waals surface area contributed by atoms with E-state index in [2.05, 4.69) is 137 Å². The fourth-order valence-electron chi connectivity index (χ4n) is 8.89. The van der Waals surface area contributed by atoms with Crippen LogP contribution in [-0.2, 0) is 0 Å². The SMILES string of the molecule is CCCCCCCCOc1ccc(/C=C/c2c3ccccc3c(/C=C/c3ccc(OCCCCCCCC)c(OCCCCCCCC)c3)c3ccccc23)cc1OCCCCCCCC. The average molecular weight is 895 g/mol. The highest BCUT2D eigenvalue weighted by molar-refractivity contribution is 6.14. The molecule has 4 nitrogen and oxygen atoms in total. The predicted octanol–water partition coefficient (Wildman–Crippen LogP) is 19.3. The van der Waals surface area contributed by atoms with Crippen LogP contribution in [0.4, 0.5) is 0 Å². The van der Waals surface area contributed by atoms with Crippen molar-refractivity contribution in [2.75, 3.05) is 26.4 Å². The minimum Gasteiger partial charge on any atom is -0.490 e. The van der Waals surface area contributed by atoms with E-state index in [9.17, 15) is 0 Å². The maximum Gasteiger partial charge on any atom is 0.161 e. The van der Waals surface area contributed by atoms with Crippen molar-refractivity contribution in [3.8, 4) is 23.0 Å². The highest BCUT2D eigenvalue weighted by atomic mass is 16.5. The van der Waals surface area contributed by atoms with Crippen LogP contribution < -0.4 is 18.9 Å². The largest absolute Gasteiger partial charge is 0.490 e. The van der Waals surface area contributed by atoms with Gasteiger partial charge in [-0.1, -0.05) is 241 Å². The van der Waals surface area contributed by atoms with Crippen LogP contribution in [-0.4, -0.2) is 26.4 Å². The van der Waals surface area contributed by atoms with Crippen LogP contribution in [0.3, 0.4) is 0 Å². The molecule has 0 saturated carbocycles. The van der Waals surface area contributed by atoms with Gasteiger partial charge in [0.2, 0.25) is 0 Å². The Morgan fingerprint density at radius 1 is 0.288 bits per heavy atom. The summed E-state index contributed by atoms with van der Waals surface area (Å²) in [4.78, 5) is 0. The van der Waals surface area contributed by atoms with Gasteiger partial charge in [-0.25, -0.2) is 0 Å². The van der Waals surface area contributed by atoms with E-state index in [4.69, 9.17) is 18.9 Å². The molecule has 66 heavy (non-hydrogen) atoms. The number of ether oxygens (including phenoxy) is 4. The molecular formula is C62H86O4. The molecule has 5 aromatic rings. The zero-order valence-corrected chi connectivity index (χ0v) is 41.8. The summed E-state index contributed by atoms with van der Waals surface area (Å²) in [5, 5.41) is 4.91. The van der Waals surface area contributed by atoms with Crippen LogP contribution in [0.1, 0.15) is 204 Å². The smallest absolute Gasteiger partial charge is 0.161 e. The minimum absolute atomic E-state index is 0.710. The lowest BCUT2D eigenvalue weighted by Crippen LogP contribution is -2.03. The summed E-state index contributed by atoms with van der Waals surface area (Å²) in [5.74, 6) is 3.40. The number of benzene rings is 5.